The van der Waals surface area contributed by atoms with Gasteiger partial charge in [-0.3, -0.25) is 9.59 Å². The van der Waals surface area contributed by atoms with Gasteiger partial charge in [0.25, 0.3) is 0 Å². The quantitative estimate of drug-likeness (QED) is 0.496. The van der Waals surface area contributed by atoms with Crippen LogP contribution in [0.1, 0.15) is 64.2 Å². The Morgan fingerprint density at radius 2 is 1.52 bits per heavy atom. The summed E-state index contributed by atoms with van der Waals surface area (Å²) in [7, 11) is 2.09. The third-order valence-corrected chi connectivity index (χ3v) is 3.99. The van der Waals surface area contributed by atoms with Crippen LogP contribution in [0.3, 0.4) is 0 Å². The minimum Gasteiger partial charge on any atom is -0.481 e. The average molecular weight is 299 g/mol. The zero-order valence-corrected chi connectivity index (χ0v) is 13.2. The number of carbonyl (C=O) groups excluding carboxylic acids is 1. The summed E-state index contributed by atoms with van der Waals surface area (Å²) in [5.41, 5.74) is 0. The van der Waals surface area contributed by atoms with E-state index in [1.807, 2.05) is 0 Å². The molecule has 1 N–H and O–H groups in total. The van der Waals surface area contributed by atoms with Crippen LogP contribution in [0.2, 0.25) is 0 Å². The van der Waals surface area contributed by atoms with Gasteiger partial charge in [0.05, 0.1) is 0 Å². The molecule has 0 atom stereocenters. The van der Waals surface area contributed by atoms with Crippen molar-refractivity contribution in [2.24, 2.45) is 0 Å². The first-order valence-electron chi connectivity index (χ1n) is 8.17. The second kappa shape index (κ2) is 10.6. The van der Waals surface area contributed by atoms with E-state index in [2.05, 4.69) is 11.9 Å². The Morgan fingerprint density at radius 1 is 1.00 bits per heavy atom. The number of carboxylic acid groups (broad SMARTS) is 1. The van der Waals surface area contributed by atoms with E-state index in [4.69, 9.17) is 9.84 Å². The maximum Gasteiger partial charge on any atom is 0.306 e. The number of carbonyl (C=O) groups is 2. The maximum atomic E-state index is 11.7. The van der Waals surface area contributed by atoms with Crippen molar-refractivity contribution in [3.05, 3.63) is 0 Å². The summed E-state index contributed by atoms with van der Waals surface area (Å²) < 4.78 is 5.48. The van der Waals surface area contributed by atoms with Crippen LogP contribution in [0.25, 0.3) is 0 Å². The summed E-state index contributed by atoms with van der Waals surface area (Å²) in [5.74, 6) is -0.776. The highest BCUT2D eigenvalue weighted by atomic mass is 16.5. The fourth-order valence-corrected chi connectivity index (χ4v) is 2.60. The van der Waals surface area contributed by atoms with Gasteiger partial charge in [0.2, 0.25) is 0 Å². The number of carboxylic acids is 1. The molecule has 0 amide bonds. The molecule has 5 nitrogen and oxygen atoms in total. The second-order valence-electron chi connectivity index (χ2n) is 6.01. The van der Waals surface area contributed by atoms with Gasteiger partial charge in [-0.05, 0) is 32.7 Å². The maximum absolute atomic E-state index is 11.7. The predicted molar refractivity (Wildman–Crippen MR) is 81.2 cm³/mol. The molecule has 0 spiro atoms. The van der Waals surface area contributed by atoms with E-state index in [1.54, 1.807) is 0 Å². The van der Waals surface area contributed by atoms with Gasteiger partial charge in [-0.2, -0.15) is 0 Å². The standard InChI is InChI=1S/C16H29NO4/c1-17-12-10-14(11-13-17)21-16(20)9-7-5-3-2-4-6-8-15(18)19/h14H,2-13H2,1H3,(H,18,19). The molecule has 21 heavy (non-hydrogen) atoms. The summed E-state index contributed by atoms with van der Waals surface area (Å²) >= 11 is 0. The smallest absolute Gasteiger partial charge is 0.306 e. The van der Waals surface area contributed by atoms with Gasteiger partial charge < -0.3 is 14.7 Å². The van der Waals surface area contributed by atoms with Crippen LogP contribution in [0.4, 0.5) is 0 Å². The number of rotatable bonds is 10. The lowest BCUT2D eigenvalue weighted by Gasteiger charge is -2.28. The molecule has 0 bridgehead atoms. The third-order valence-electron chi connectivity index (χ3n) is 3.99. The summed E-state index contributed by atoms with van der Waals surface area (Å²) in [5, 5.41) is 8.51. The van der Waals surface area contributed by atoms with Crippen molar-refractivity contribution in [3.63, 3.8) is 0 Å². The van der Waals surface area contributed by atoms with E-state index in [-0.39, 0.29) is 18.5 Å². The van der Waals surface area contributed by atoms with E-state index in [1.165, 1.54) is 0 Å². The Bertz CT molecular complexity index is 311. The molecule has 1 rings (SSSR count). The molecule has 0 aromatic heterocycles. The van der Waals surface area contributed by atoms with Gasteiger partial charge in [-0.25, -0.2) is 0 Å². The van der Waals surface area contributed by atoms with Crippen molar-refractivity contribution in [3.8, 4) is 0 Å². The van der Waals surface area contributed by atoms with Crippen molar-refractivity contribution in [2.45, 2.75) is 70.3 Å². The van der Waals surface area contributed by atoms with Crippen molar-refractivity contribution in [1.29, 1.82) is 0 Å². The number of hydrogen-bond donors (Lipinski definition) is 1. The normalized spacial score (nSPS) is 16.8. The minimum absolute atomic E-state index is 0.0598. The van der Waals surface area contributed by atoms with Crippen LogP contribution < -0.4 is 0 Å². The molecule has 0 unspecified atom stereocenters. The summed E-state index contributed by atoms with van der Waals surface area (Å²) in [6.07, 6.45) is 8.55. The van der Waals surface area contributed by atoms with E-state index < -0.39 is 5.97 Å². The van der Waals surface area contributed by atoms with E-state index >= 15 is 0 Å². The van der Waals surface area contributed by atoms with Gasteiger partial charge in [-0.15, -0.1) is 0 Å². The van der Waals surface area contributed by atoms with Crippen molar-refractivity contribution >= 4 is 11.9 Å². The summed E-state index contributed by atoms with van der Waals surface area (Å²) in [6, 6.07) is 0. The number of unbranched alkanes of at least 4 members (excludes halogenated alkanes) is 5. The summed E-state index contributed by atoms with van der Waals surface area (Å²) in [6.45, 7) is 2.02. The molecule has 5 heteroatoms. The lowest BCUT2D eigenvalue weighted by atomic mass is 10.1. The molecule has 0 saturated carbocycles. The molecule has 1 aliphatic rings. The first-order valence-corrected chi connectivity index (χ1v) is 8.17. The molecule has 1 saturated heterocycles. The van der Waals surface area contributed by atoms with Gasteiger partial charge in [0.15, 0.2) is 0 Å². The first-order chi connectivity index (χ1) is 10.1. The van der Waals surface area contributed by atoms with E-state index in [0.717, 1.165) is 64.5 Å². The lowest BCUT2D eigenvalue weighted by molar-refractivity contribution is -0.151. The van der Waals surface area contributed by atoms with Gasteiger partial charge in [0.1, 0.15) is 6.10 Å². The lowest BCUT2D eigenvalue weighted by Crippen LogP contribution is -2.35. The van der Waals surface area contributed by atoms with Crippen molar-refractivity contribution in [1.82, 2.24) is 4.90 Å². The number of aliphatic carboxylic acids is 1. The number of esters is 1. The summed E-state index contributed by atoms with van der Waals surface area (Å²) in [4.78, 5) is 24.3. The molecular formula is C16H29NO4. The number of nitrogens with zero attached hydrogens (tertiary/aromatic N) is 1. The molecular weight excluding hydrogens is 270 g/mol. The molecule has 0 aliphatic carbocycles. The fraction of sp³-hybridized carbons (Fsp3) is 0.875. The topological polar surface area (TPSA) is 66.8 Å². The highest BCUT2D eigenvalue weighted by Gasteiger charge is 2.19. The number of hydrogen-bond acceptors (Lipinski definition) is 4. The molecule has 1 heterocycles. The highest BCUT2D eigenvalue weighted by molar-refractivity contribution is 5.69. The number of likely N-dealkylation sites (tertiary alicyclic amines) is 1. The minimum atomic E-state index is -0.716. The Balaban J connectivity index is 1.90. The zero-order valence-electron chi connectivity index (χ0n) is 13.2. The molecule has 0 radical (unpaired) electrons. The Labute approximate surface area is 127 Å². The fourth-order valence-electron chi connectivity index (χ4n) is 2.60. The molecule has 1 fully saturated rings. The van der Waals surface area contributed by atoms with Gasteiger partial charge in [0, 0.05) is 25.9 Å². The van der Waals surface area contributed by atoms with Crippen LogP contribution >= 0.6 is 0 Å². The largest absolute Gasteiger partial charge is 0.481 e. The number of piperidine rings is 1. The average Bonchev–Trinajstić information content (AvgIpc) is 2.44. The van der Waals surface area contributed by atoms with Crippen molar-refractivity contribution < 1.29 is 19.4 Å². The molecule has 0 aromatic rings. The molecule has 0 aromatic carbocycles. The van der Waals surface area contributed by atoms with Crippen LogP contribution in [0.15, 0.2) is 0 Å². The molecule has 1 aliphatic heterocycles. The number of ether oxygens (including phenoxy) is 1. The van der Waals surface area contributed by atoms with Crippen molar-refractivity contribution in [2.75, 3.05) is 20.1 Å². The monoisotopic (exact) mass is 299 g/mol. The van der Waals surface area contributed by atoms with Crippen LogP contribution in [-0.4, -0.2) is 48.2 Å². The highest BCUT2D eigenvalue weighted by Crippen LogP contribution is 2.14. The van der Waals surface area contributed by atoms with E-state index in [0.29, 0.717) is 6.42 Å². The second-order valence-corrected chi connectivity index (χ2v) is 6.01. The van der Waals surface area contributed by atoms with Crippen LogP contribution in [0.5, 0.6) is 0 Å². The van der Waals surface area contributed by atoms with Crippen LogP contribution in [-0.2, 0) is 14.3 Å². The van der Waals surface area contributed by atoms with Crippen LogP contribution in [0, 0.1) is 0 Å². The predicted octanol–water partition coefficient (Wildman–Crippen LogP) is 2.83. The first kappa shape index (κ1) is 18.0. The van der Waals surface area contributed by atoms with E-state index in [9.17, 15) is 9.59 Å². The van der Waals surface area contributed by atoms with Gasteiger partial charge in [-0.1, -0.05) is 25.7 Å². The SMILES string of the molecule is CN1CCC(OC(=O)CCCCCCCCC(=O)O)CC1. The third kappa shape index (κ3) is 9.45. The van der Waals surface area contributed by atoms with Gasteiger partial charge >= 0.3 is 11.9 Å². The Morgan fingerprint density at radius 3 is 2.10 bits per heavy atom. The molecule has 122 valence electrons. The zero-order chi connectivity index (χ0) is 15.5. The Hall–Kier alpha value is -1.10. The Kier molecular flexibility index (Phi) is 9.06.